The summed E-state index contributed by atoms with van der Waals surface area (Å²) in [5.41, 5.74) is 2.43. The minimum absolute atomic E-state index is 0.0507. The van der Waals surface area contributed by atoms with Crippen LogP contribution in [0.3, 0.4) is 0 Å². The monoisotopic (exact) mass is 451 g/mol. The largest absolute Gasteiger partial charge is 0.507 e. The van der Waals surface area contributed by atoms with Gasteiger partial charge < -0.3 is 14.3 Å². The van der Waals surface area contributed by atoms with Crippen LogP contribution in [0.2, 0.25) is 5.02 Å². The fourth-order valence-corrected chi connectivity index (χ4v) is 3.99. The van der Waals surface area contributed by atoms with Gasteiger partial charge in [-0.3, -0.25) is 14.5 Å². The van der Waals surface area contributed by atoms with Gasteiger partial charge in [-0.15, -0.1) is 0 Å². The smallest absolute Gasteiger partial charge is 0.300 e. The second-order valence-corrected chi connectivity index (χ2v) is 7.94. The molecule has 1 aliphatic heterocycles. The Bertz CT molecular complexity index is 1230. The Balaban J connectivity index is 1.88. The molecule has 2 heterocycles. The quantitative estimate of drug-likeness (QED) is 0.311. The molecule has 1 aromatic heterocycles. The number of ether oxygens (including phenoxy) is 1. The predicted octanol–water partition coefficient (Wildman–Crippen LogP) is 5.57. The lowest BCUT2D eigenvalue weighted by Crippen LogP contribution is -2.29. The minimum Gasteiger partial charge on any atom is -0.507 e. The van der Waals surface area contributed by atoms with Crippen molar-refractivity contribution in [2.75, 3.05) is 11.5 Å². The highest BCUT2D eigenvalue weighted by atomic mass is 35.5. The Morgan fingerprint density at radius 2 is 1.91 bits per heavy atom. The van der Waals surface area contributed by atoms with Gasteiger partial charge >= 0.3 is 0 Å². The standard InChI is InChI=1S/C25H22ClNO5/c1-4-31-19-10-8-16(12-15(19)3)23(28)21-22(20-6-5-11-32-20)27(25(30)24(21)29)17-9-7-14(2)18(26)13-17/h5-13,22,28H,4H2,1-3H3/b23-21-. The zero-order valence-electron chi connectivity index (χ0n) is 17.9. The van der Waals surface area contributed by atoms with E-state index in [-0.39, 0.29) is 11.3 Å². The number of aryl methyl sites for hydroxylation is 2. The predicted molar refractivity (Wildman–Crippen MR) is 122 cm³/mol. The van der Waals surface area contributed by atoms with E-state index < -0.39 is 17.7 Å². The molecule has 0 bridgehead atoms. The first-order valence-corrected chi connectivity index (χ1v) is 10.6. The lowest BCUT2D eigenvalue weighted by molar-refractivity contribution is -0.132. The van der Waals surface area contributed by atoms with Crippen molar-refractivity contribution in [1.82, 2.24) is 0 Å². The second-order valence-electron chi connectivity index (χ2n) is 7.53. The highest BCUT2D eigenvalue weighted by molar-refractivity contribution is 6.51. The van der Waals surface area contributed by atoms with E-state index >= 15 is 0 Å². The molecular formula is C25H22ClNO5. The van der Waals surface area contributed by atoms with Gasteiger partial charge in [-0.05, 0) is 74.4 Å². The van der Waals surface area contributed by atoms with Crippen molar-refractivity contribution in [2.45, 2.75) is 26.8 Å². The molecule has 1 N–H and O–H groups in total. The average Bonchev–Trinajstić information content (AvgIpc) is 3.38. The van der Waals surface area contributed by atoms with E-state index in [0.717, 1.165) is 11.1 Å². The summed E-state index contributed by atoms with van der Waals surface area (Å²) in [6.07, 6.45) is 1.46. The fourth-order valence-electron chi connectivity index (χ4n) is 3.82. The number of Topliss-reactive ketones (excluding diaryl/α,β-unsaturated/α-hetero) is 1. The van der Waals surface area contributed by atoms with Crippen LogP contribution in [0, 0.1) is 13.8 Å². The van der Waals surface area contributed by atoms with Gasteiger partial charge in [-0.2, -0.15) is 0 Å². The van der Waals surface area contributed by atoms with Gasteiger partial charge in [0.05, 0.1) is 18.4 Å². The Labute approximate surface area is 190 Å². The maximum atomic E-state index is 13.1. The van der Waals surface area contributed by atoms with Crippen LogP contribution >= 0.6 is 11.6 Å². The molecule has 0 spiro atoms. The minimum atomic E-state index is -0.935. The summed E-state index contributed by atoms with van der Waals surface area (Å²) in [6.45, 7) is 6.08. The number of anilines is 1. The molecule has 3 aromatic rings. The number of ketones is 1. The van der Waals surface area contributed by atoms with Gasteiger partial charge in [0, 0.05) is 16.3 Å². The third-order valence-corrected chi connectivity index (χ3v) is 5.85. The number of nitrogens with zero attached hydrogens (tertiary/aromatic N) is 1. The van der Waals surface area contributed by atoms with Gasteiger partial charge in [0.15, 0.2) is 0 Å². The first-order valence-electron chi connectivity index (χ1n) is 10.2. The van der Waals surface area contributed by atoms with Crippen LogP contribution in [-0.4, -0.2) is 23.4 Å². The molecule has 1 atom stereocenters. The topological polar surface area (TPSA) is 80.0 Å². The summed E-state index contributed by atoms with van der Waals surface area (Å²) in [5, 5.41) is 11.6. The number of benzene rings is 2. The number of amides is 1. The van der Waals surface area contributed by atoms with Crippen LogP contribution in [0.25, 0.3) is 5.76 Å². The zero-order chi connectivity index (χ0) is 23.0. The summed E-state index contributed by atoms with van der Waals surface area (Å²) >= 11 is 6.28. The van der Waals surface area contributed by atoms with E-state index in [1.807, 2.05) is 20.8 Å². The van der Waals surface area contributed by atoms with Gasteiger partial charge in [0.2, 0.25) is 0 Å². The van der Waals surface area contributed by atoms with Crippen LogP contribution < -0.4 is 9.64 Å². The van der Waals surface area contributed by atoms with Gasteiger partial charge in [0.25, 0.3) is 11.7 Å². The number of hydrogen-bond donors (Lipinski definition) is 1. The molecule has 2 aromatic carbocycles. The van der Waals surface area contributed by atoms with E-state index in [9.17, 15) is 14.7 Å². The molecular weight excluding hydrogens is 430 g/mol. The molecule has 164 valence electrons. The van der Waals surface area contributed by atoms with Crippen LogP contribution in [0.15, 0.2) is 64.8 Å². The van der Waals surface area contributed by atoms with E-state index in [1.165, 1.54) is 11.2 Å². The maximum Gasteiger partial charge on any atom is 0.300 e. The van der Waals surface area contributed by atoms with Crippen molar-refractivity contribution in [1.29, 1.82) is 0 Å². The van der Waals surface area contributed by atoms with Gasteiger partial charge in [0.1, 0.15) is 23.3 Å². The fraction of sp³-hybridized carbons (Fsp3) is 0.200. The number of aliphatic hydroxyl groups is 1. The van der Waals surface area contributed by atoms with Crippen molar-refractivity contribution in [3.05, 3.63) is 87.8 Å². The number of carbonyl (C=O) groups is 2. The number of carbonyl (C=O) groups excluding carboxylic acids is 2. The van der Waals surface area contributed by atoms with E-state index in [1.54, 1.807) is 48.5 Å². The lowest BCUT2D eigenvalue weighted by atomic mass is 9.98. The van der Waals surface area contributed by atoms with E-state index in [4.69, 9.17) is 20.8 Å². The molecule has 1 aliphatic rings. The van der Waals surface area contributed by atoms with Crippen molar-refractivity contribution in [3.8, 4) is 5.75 Å². The van der Waals surface area contributed by atoms with Crippen LogP contribution in [0.5, 0.6) is 5.75 Å². The number of aliphatic hydroxyl groups excluding tert-OH is 1. The van der Waals surface area contributed by atoms with Crippen molar-refractivity contribution in [2.24, 2.45) is 0 Å². The molecule has 1 unspecified atom stereocenters. The van der Waals surface area contributed by atoms with Crippen molar-refractivity contribution >= 4 is 34.7 Å². The molecule has 0 saturated carbocycles. The molecule has 1 amide bonds. The highest BCUT2D eigenvalue weighted by Gasteiger charge is 2.48. The SMILES string of the molecule is CCOc1ccc(/C(O)=C2/C(=O)C(=O)N(c3ccc(C)c(Cl)c3)C2c2ccco2)cc1C. The Hall–Kier alpha value is -3.51. The summed E-state index contributed by atoms with van der Waals surface area (Å²) in [5.74, 6) is -0.814. The van der Waals surface area contributed by atoms with Gasteiger partial charge in [-0.25, -0.2) is 0 Å². The van der Waals surface area contributed by atoms with Crippen LogP contribution in [-0.2, 0) is 9.59 Å². The van der Waals surface area contributed by atoms with Crippen LogP contribution in [0.1, 0.15) is 35.4 Å². The third kappa shape index (κ3) is 3.67. The van der Waals surface area contributed by atoms with Crippen LogP contribution in [0.4, 0.5) is 5.69 Å². The molecule has 0 radical (unpaired) electrons. The second kappa shape index (κ2) is 8.55. The lowest BCUT2D eigenvalue weighted by Gasteiger charge is -2.24. The number of hydrogen-bond acceptors (Lipinski definition) is 5. The van der Waals surface area contributed by atoms with E-state index in [2.05, 4.69) is 0 Å². The normalized spacial score (nSPS) is 17.8. The zero-order valence-corrected chi connectivity index (χ0v) is 18.6. The molecule has 6 nitrogen and oxygen atoms in total. The number of halogens is 1. The number of furan rings is 1. The maximum absolute atomic E-state index is 13.1. The first-order chi connectivity index (χ1) is 15.3. The molecule has 1 fully saturated rings. The number of rotatable bonds is 5. The summed E-state index contributed by atoms with van der Waals surface area (Å²) in [6, 6.07) is 12.6. The van der Waals surface area contributed by atoms with Crippen molar-refractivity contribution in [3.63, 3.8) is 0 Å². The molecule has 7 heteroatoms. The van der Waals surface area contributed by atoms with E-state index in [0.29, 0.717) is 34.4 Å². The molecule has 4 rings (SSSR count). The van der Waals surface area contributed by atoms with Gasteiger partial charge in [-0.1, -0.05) is 17.7 Å². The summed E-state index contributed by atoms with van der Waals surface area (Å²) in [7, 11) is 0. The highest BCUT2D eigenvalue weighted by Crippen LogP contribution is 2.43. The average molecular weight is 452 g/mol. The Kier molecular flexibility index (Phi) is 5.80. The molecule has 32 heavy (non-hydrogen) atoms. The summed E-state index contributed by atoms with van der Waals surface area (Å²) in [4.78, 5) is 27.5. The Morgan fingerprint density at radius 3 is 2.53 bits per heavy atom. The Morgan fingerprint density at radius 1 is 1.12 bits per heavy atom. The first kappa shape index (κ1) is 21.7. The third-order valence-electron chi connectivity index (χ3n) is 5.44. The summed E-state index contributed by atoms with van der Waals surface area (Å²) < 4.78 is 11.1. The van der Waals surface area contributed by atoms with Crippen molar-refractivity contribution < 1.29 is 23.8 Å². The molecule has 0 aliphatic carbocycles. The molecule has 1 saturated heterocycles.